The molecular weight excluding hydrogens is 341 g/mol. The van der Waals surface area contributed by atoms with E-state index in [9.17, 15) is 9.59 Å². The summed E-state index contributed by atoms with van der Waals surface area (Å²) in [6, 6.07) is 17.1. The van der Waals surface area contributed by atoms with E-state index in [1.165, 1.54) is 0 Å². The van der Waals surface area contributed by atoms with E-state index in [2.05, 4.69) is 5.82 Å². The van der Waals surface area contributed by atoms with Crippen molar-refractivity contribution in [2.24, 2.45) is 0 Å². The number of Topliss-reactive ketones (excluding diaryl/α,β-unsaturated/α-hetero) is 1. The van der Waals surface area contributed by atoms with Gasteiger partial charge in [-0.2, -0.15) is 0 Å². The molecule has 2 aromatic rings. The third-order valence-electron chi connectivity index (χ3n) is 3.99. The molecule has 2 aromatic carbocycles. The van der Waals surface area contributed by atoms with Gasteiger partial charge in [0.1, 0.15) is 0 Å². The van der Waals surface area contributed by atoms with Gasteiger partial charge in [0.25, 0.3) is 0 Å². The number of anilines is 1. The summed E-state index contributed by atoms with van der Waals surface area (Å²) in [4.78, 5) is 26.9. The number of hydrogen-bond donors (Lipinski definition) is 0. The Labute approximate surface area is 136 Å². The molecule has 112 valence electrons. The molecular formula is C18H17NO2Se. The topological polar surface area (TPSA) is 37.4 Å². The molecule has 0 fully saturated rings. The number of para-hydroxylation sites is 1. The van der Waals surface area contributed by atoms with Crippen LogP contribution >= 0.6 is 0 Å². The summed E-state index contributed by atoms with van der Waals surface area (Å²) in [7, 11) is 0. The number of carbonyl (C=O) groups excluding carboxylic acids is 2. The Morgan fingerprint density at radius 2 is 1.68 bits per heavy atom. The number of fused-ring (bicyclic) bond motifs is 1. The second-order valence-corrected chi connectivity index (χ2v) is 7.34. The third-order valence-corrected chi connectivity index (χ3v) is 6.04. The summed E-state index contributed by atoms with van der Waals surface area (Å²) in [6.45, 7) is 1.57. The molecule has 0 radical (unpaired) electrons. The van der Waals surface area contributed by atoms with Gasteiger partial charge in [-0.15, -0.1) is 0 Å². The molecule has 1 aliphatic heterocycles. The zero-order chi connectivity index (χ0) is 15.7. The molecule has 0 N–H and O–H groups in total. The molecule has 0 spiro atoms. The fourth-order valence-corrected chi connectivity index (χ4v) is 4.89. The molecule has 0 bridgehead atoms. The molecule has 1 aliphatic rings. The van der Waals surface area contributed by atoms with Crippen molar-refractivity contribution < 1.29 is 9.59 Å². The molecule has 0 saturated carbocycles. The summed E-state index contributed by atoms with van der Waals surface area (Å²) >= 11 is 0.110. The van der Waals surface area contributed by atoms with Crippen LogP contribution in [0.2, 0.25) is 10.6 Å². The first-order valence-electron chi connectivity index (χ1n) is 7.16. The van der Waals surface area contributed by atoms with Crippen molar-refractivity contribution >= 4 is 32.3 Å². The van der Waals surface area contributed by atoms with E-state index in [0.717, 1.165) is 11.3 Å². The fraction of sp³-hybridized carbons (Fsp3) is 0.222. The number of rotatable bonds is 2. The molecule has 4 heteroatoms. The van der Waals surface area contributed by atoms with Gasteiger partial charge in [-0.3, -0.25) is 0 Å². The van der Waals surface area contributed by atoms with E-state index in [4.69, 9.17) is 0 Å². The summed E-state index contributed by atoms with van der Waals surface area (Å²) in [5.74, 6) is 2.20. The SMILES string of the molecule is C[Se]C1C(=O)c2ccccc2N(C(C)=O)C1c1ccccc1. The summed E-state index contributed by atoms with van der Waals surface area (Å²) in [5.41, 5.74) is 2.42. The van der Waals surface area contributed by atoms with Crippen molar-refractivity contribution in [1.29, 1.82) is 0 Å². The van der Waals surface area contributed by atoms with Crippen LogP contribution in [-0.4, -0.2) is 26.6 Å². The Hall–Kier alpha value is -1.90. The van der Waals surface area contributed by atoms with Gasteiger partial charge in [0.2, 0.25) is 0 Å². The molecule has 0 aromatic heterocycles. The number of amides is 1. The van der Waals surface area contributed by atoms with E-state index >= 15 is 0 Å². The van der Waals surface area contributed by atoms with E-state index in [1.54, 1.807) is 11.8 Å². The Balaban J connectivity index is 2.22. The van der Waals surface area contributed by atoms with Gasteiger partial charge in [0.05, 0.1) is 0 Å². The van der Waals surface area contributed by atoms with Crippen molar-refractivity contribution in [3.05, 3.63) is 65.7 Å². The van der Waals surface area contributed by atoms with Crippen LogP contribution in [-0.2, 0) is 4.79 Å². The molecule has 22 heavy (non-hydrogen) atoms. The second-order valence-electron chi connectivity index (χ2n) is 5.28. The van der Waals surface area contributed by atoms with Crippen molar-refractivity contribution in [2.45, 2.75) is 23.6 Å². The molecule has 0 aliphatic carbocycles. The van der Waals surface area contributed by atoms with Gasteiger partial charge in [0.15, 0.2) is 0 Å². The minimum absolute atomic E-state index is 0.0250. The van der Waals surface area contributed by atoms with Crippen LogP contribution in [0.5, 0.6) is 0 Å². The van der Waals surface area contributed by atoms with Crippen molar-refractivity contribution in [2.75, 3.05) is 4.90 Å². The quantitative estimate of drug-likeness (QED) is 0.771. The van der Waals surface area contributed by atoms with Crippen LogP contribution < -0.4 is 4.90 Å². The Morgan fingerprint density at radius 3 is 2.32 bits per heavy atom. The van der Waals surface area contributed by atoms with Crippen LogP contribution in [0.15, 0.2) is 54.6 Å². The summed E-state index contributed by atoms with van der Waals surface area (Å²) in [6.07, 6.45) is 0. The molecule has 3 rings (SSSR count). The Morgan fingerprint density at radius 1 is 1.05 bits per heavy atom. The van der Waals surface area contributed by atoms with E-state index in [1.807, 2.05) is 54.6 Å². The number of ketones is 1. The predicted molar refractivity (Wildman–Crippen MR) is 88.5 cm³/mol. The summed E-state index contributed by atoms with van der Waals surface area (Å²) < 4.78 is 0. The molecule has 2 unspecified atom stereocenters. The minimum atomic E-state index is -0.203. The van der Waals surface area contributed by atoms with Crippen LogP contribution in [0.3, 0.4) is 0 Å². The van der Waals surface area contributed by atoms with Crippen LogP contribution in [0.25, 0.3) is 0 Å². The predicted octanol–water partition coefficient (Wildman–Crippen LogP) is 3.52. The van der Waals surface area contributed by atoms with Crippen molar-refractivity contribution in [1.82, 2.24) is 0 Å². The first-order chi connectivity index (χ1) is 10.6. The zero-order valence-corrected chi connectivity index (χ0v) is 14.2. The van der Waals surface area contributed by atoms with E-state index in [0.29, 0.717) is 5.56 Å². The average molecular weight is 358 g/mol. The first kappa shape index (κ1) is 15.0. The van der Waals surface area contributed by atoms with Crippen molar-refractivity contribution in [3.63, 3.8) is 0 Å². The number of hydrogen-bond acceptors (Lipinski definition) is 2. The van der Waals surface area contributed by atoms with Crippen molar-refractivity contribution in [3.8, 4) is 0 Å². The van der Waals surface area contributed by atoms with Gasteiger partial charge < -0.3 is 0 Å². The Bertz CT molecular complexity index is 714. The average Bonchev–Trinajstić information content (AvgIpc) is 2.55. The van der Waals surface area contributed by atoms with Gasteiger partial charge >= 0.3 is 136 Å². The molecule has 3 nitrogen and oxygen atoms in total. The molecule has 2 atom stereocenters. The van der Waals surface area contributed by atoms with Gasteiger partial charge in [-0.1, -0.05) is 0 Å². The Kier molecular flexibility index (Phi) is 4.14. The monoisotopic (exact) mass is 359 g/mol. The molecule has 0 saturated heterocycles. The fourth-order valence-electron chi connectivity index (χ4n) is 3.05. The van der Waals surface area contributed by atoms with E-state index in [-0.39, 0.29) is 37.5 Å². The van der Waals surface area contributed by atoms with E-state index < -0.39 is 0 Å². The normalized spacial score (nSPS) is 20.6. The third kappa shape index (κ3) is 2.39. The first-order valence-corrected chi connectivity index (χ1v) is 9.86. The van der Waals surface area contributed by atoms with Crippen LogP contribution in [0, 0.1) is 0 Å². The molecule has 1 amide bonds. The molecule has 1 heterocycles. The number of carbonyl (C=O) groups is 2. The maximum atomic E-state index is 12.9. The van der Waals surface area contributed by atoms with Crippen LogP contribution in [0.4, 0.5) is 5.69 Å². The summed E-state index contributed by atoms with van der Waals surface area (Å²) in [5, 5.41) is 0. The number of benzene rings is 2. The number of nitrogens with zero attached hydrogens (tertiary/aromatic N) is 1. The van der Waals surface area contributed by atoms with Crippen LogP contribution in [0.1, 0.15) is 28.9 Å². The zero-order valence-electron chi connectivity index (χ0n) is 12.5. The van der Waals surface area contributed by atoms with Gasteiger partial charge in [0, 0.05) is 0 Å². The van der Waals surface area contributed by atoms with Gasteiger partial charge in [-0.25, -0.2) is 0 Å². The maximum absolute atomic E-state index is 12.9. The second kappa shape index (κ2) is 6.07. The standard InChI is InChI=1S/C18H17NO2Se/c1-12(20)19-15-11-7-6-10-14(15)17(21)18(22-2)16(19)13-8-4-3-5-9-13/h3-11,16,18H,1-2H3. The van der Waals surface area contributed by atoms with Gasteiger partial charge in [-0.05, 0) is 0 Å².